The molecule has 1 saturated carbocycles. The van der Waals surface area contributed by atoms with E-state index in [0.29, 0.717) is 23.8 Å². The molecule has 0 bridgehead atoms. The van der Waals surface area contributed by atoms with Crippen LogP contribution in [0.2, 0.25) is 0 Å². The average molecular weight is 315 g/mol. The second-order valence-corrected chi connectivity index (χ2v) is 6.95. The molecule has 1 fully saturated rings. The minimum atomic E-state index is 0.330. The monoisotopic (exact) mass is 315 g/mol. The summed E-state index contributed by atoms with van der Waals surface area (Å²) in [5.74, 6) is 2.14. The maximum atomic E-state index is 6.07. The summed E-state index contributed by atoms with van der Waals surface area (Å²) in [5, 5.41) is 3.29. The van der Waals surface area contributed by atoms with Crippen LogP contribution in [-0.4, -0.2) is 28.8 Å². The van der Waals surface area contributed by atoms with Crippen LogP contribution in [0.5, 0.6) is 0 Å². The Morgan fingerprint density at radius 3 is 2.61 bits per heavy atom. The minimum absolute atomic E-state index is 0.330. The quantitative estimate of drug-likeness (QED) is 0.868. The SMILES string of the molecule is CCNc1nc2c(c(C(C)C3CCC(N)CC3)n1)N=CC2CC. The highest BCUT2D eigenvalue weighted by atomic mass is 15.1. The van der Waals surface area contributed by atoms with Crippen LogP contribution < -0.4 is 11.1 Å². The van der Waals surface area contributed by atoms with Crippen molar-refractivity contribution in [2.75, 3.05) is 11.9 Å². The highest BCUT2D eigenvalue weighted by Crippen LogP contribution is 2.43. The average Bonchev–Trinajstić information content (AvgIpc) is 2.97. The third-order valence-corrected chi connectivity index (χ3v) is 5.40. The van der Waals surface area contributed by atoms with Crippen LogP contribution in [0.1, 0.15) is 76.1 Å². The molecule has 2 atom stereocenters. The van der Waals surface area contributed by atoms with Gasteiger partial charge in [-0.2, -0.15) is 0 Å². The molecule has 3 N–H and O–H groups in total. The van der Waals surface area contributed by atoms with Gasteiger partial charge in [-0.1, -0.05) is 13.8 Å². The molecule has 0 amide bonds. The Balaban J connectivity index is 1.92. The van der Waals surface area contributed by atoms with Crippen molar-refractivity contribution in [3.63, 3.8) is 0 Å². The predicted molar refractivity (Wildman–Crippen MR) is 95.7 cm³/mol. The van der Waals surface area contributed by atoms with Crippen LogP contribution in [0.4, 0.5) is 11.6 Å². The maximum Gasteiger partial charge on any atom is 0.223 e. The number of nitrogens with zero attached hydrogens (tertiary/aromatic N) is 3. The lowest BCUT2D eigenvalue weighted by atomic mass is 9.77. The Hall–Kier alpha value is -1.49. The molecule has 2 aliphatic rings. The summed E-state index contributed by atoms with van der Waals surface area (Å²) < 4.78 is 0. The van der Waals surface area contributed by atoms with Gasteiger partial charge in [0.2, 0.25) is 5.95 Å². The number of hydrogen-bond acceptors (Lipinski definition) is 5. The van der Waals surface area contributed by atoms with Gasteiger partial charge < -0.3 is 11.1 Å². The molecule has 2 heterocycles. The molecule has 0 radical (unpaired) electrons. The van der Waals surface area contributed by atoms with Crippen molar-refractivity contribution < 1.29 is 0 Å². The van der Waals surface area contributed by atoms with Crippen molar-refractivity contribution in [1.82, 2.24) is 9.97 Å². The summed E-state index contributed by atoms with van der Waals surface area (Å²) in [6, 6.07) is 0.384. The predicted octanol–water partition coefficient (Wildman–Crippen LogP) is 3.74. The first-order chi connectivity index (χ1) is 11.1. The van der Waals surface area contributed by atoms with E-state index in [0.717, 1.165) is 48.8 Å². The highest BCUT2D eigenvalue weighted by molar-refractivity contribution is 5.80. The summed E-state index contributed by atoms with van der Waals surface area (Å²) in [7, 11) is 0. The first kappa shape index (κ1) is 16.4. The number of rotatable bonds is 5. The maximum absolute atomic E-state index is 6.07. The van der Waals surface area contributed by atoms with Crippen molar-refractivity contribution in [3.8, 4) is 0 Å². The number of anilines is 1. The number of fused-ring (bicyclic) bond motifs is 1. The smallest absolute Gasteiger partial charge is 0.223 e. The van der Waals surface area contributed by atoms with Gasteiger partial charge in [0.1, 0.15) is 5.69 Å². The van der Waals surface area contributed by atoms with Gasteiger partial charge >= 0.3 is 0 Å². The standard InChI is InChI=1S/C18H29N5/c1-4-12-10-21-17-15(22-18(20-5-2)23-16(12)17)11(3)13-6-8-14(19)9-7-13/h10-14H,4-9,19H2,1-3H3,(H,20,22,23). The van der Waals surface area contributed by atoms with E-state index in [1.165, 1.54) is 12.8 Å². The molecule has 1 aliphatic carbocycles. The lowest BCUT2D eigenvalue weighted by Gasteiger charge is -2.31. The van der Waals surface area contributed by atoms with E-state index in [1.807, 2.05) is 6.21 Å². The second-order valence-electron chi connectivity index (χ2n) is 6.95. The summed E-state index contributed by atoms with van der Waals surface area (Å²) in [5.41, 5.74) is 9.32. The minimum Gasteiger partial charge on any atom is -0.354 e. The first-order valence-electron chi connectivity index (χ1n) is 9.09. The molecule has 23 heavy (non-hydrogen) atoms. The van der Waals surface area contributed by atoms with Crippen molar-refractivity contribution in [2.24, 2.45) is 16.6 Å². The molecule has 2 unspecified atom stereocenters. The number of nitrogens with one attached hydrogen (secondary N) is 1. The van der Waals surface area contributed by atoms with Gasteiger partial charge in [0.05, 0.1) is 11.4 Å². The van der Waals surface area contributed by atoms with Crippen molar-refractivity contribution >= 4 is 17.9 Å². The molecular weight excluding hydrogens is 286 g/mol. The number of aliphatic imine (C=N–C) groups is 1. The fourth-order valence-electron chi connectivity index (χ4n) is 3.84. The topological polar surface area (TPSA) is 76.2 Å². The van der Waals surface area contributed by atoms with Gasteiger partial charge in [-0.25, -0.2) is 9.97 Å². The lowest BCUT2D eigenvalue weighted by Crippen LogP contribution is -2.28. The number of hydrogen-bond donors (Lipinski definition) is 2. The summed E-state index contributed by atoms with van der Waals surface area (Å²) >= 11 is 0. The zero-order chi connectivity index (χ0) is 16.4. The second kappa shape index (κ2) is 6.95. The van der Waals surface area contributed by atoms with E-state index < -0.39 is 0 Å². The van der Waals surface area contributed by atoms with Crippen LogP contribution in [-0.2, 0) is 0 Å². The summed E-state index contributed by atoms with van der Waals surface area (Å²) in [6.45, 7) is 7.40. The van der Waals surface area contributed by atoms with Gasteiger partial charge in [0.15, 0.2) is 0 Å². The van der Waals surface area contributed by atoms with Gasteiger partial charge in [-0.05, 0) is 44.9 Å². The Morgan fingerprint density at radius 2 is 1.96 bits per heavy atom. The van der Waals surface area contributed by atoms with Crippen LogP contribution in [0.3, 0.4) is 0 Å². The van der Waals surface area contributed by atoms with Crippen molar-refractivity contribution in [3.05, 3.63) is 11.4 Å². The van der Waals surface area contributed by atoms with Gasteiger partial charge in [-0.3, -0.25) is 4.99 Å². The largest absolute Gasteiger partial charge is 0.354 e. The first-order valence-corrected chi connectivity index (χ1v) is 9.09. The Labute approximate surface area is 139 Å². The van der Waals surface area contributed by atoms with E-state index in [2.05, 4.69) is 31.1 Å². The molecule has 0 spiro atoms. The third kappa shape index (κ3) is 3.25. The van der Waals surface area contributed by atoms with Crippen molar-refractivity contribution in [2.45, 2.75) is 70.8 Å². The summed E-state index contributed by atoms with van der Waals surface area (Å²) in [4.78, 5) is 14.2. The molecular formula is C18H29N5. The molecule has 1 aliphatic heterocycles. The molecule has 5 heteroatoms. The molecule has 0 saturated heterocycles. The number of nitrogens with two attached hydrogens (primary N) is 1. The number of aromatic nitrogens is 2. The van der Waals surface area contributed by atoms with Crippen LogP contribution >= 0.6 is 0 Å². The van der Waals surface area contributed by atoms with E-state index in [1.54, 1.807) is 0 Å². The third-order valence-electron chi connectivity index (χ3n) is 5.40. The molecule has 126 valence electrons. The van der Waals surface area contributed by atoms with E-state index in [-0.39, 0.29) is 0 Å². The van der Waals surface area contributed by atoms with Gasteiger partial charge in [-0.15, -0.1) is 0 Å². The highest BCUT2D eigenvalue weighted by Gasteiger charge is 2.31. The van der Waals surface area contributed by atoms with Crippen LogP contribution in [0, 0.1) is 5.92 Å². The Bertz CT molecular complexity index is 575. The van der Waals surface area contributed by atoms with Gasteiger partial charge in [0.25, 0.3) is 0 Å². The van der Waals surface area contributed by atoms with Crippen molar-refractivity contribution in [1.29, 1.82) is 0 Å². The lowest BCUT2D eigenvalue weighted by molar-refractivity contribution is 0.289. The van der Waals surface area contributed by atoms with Crippen LogP contribution in [0.15, 0.2) is 4.99 Å². The molecule has 0 aromatic carbocycles. The normalized spacial score (nSPS) is 27.7. The fourth-order valence-corrected chi connectivity index (χ4v) is 3.84. The van der Waals surface area contributed by atoms with E-state index in [9.17, 15) is 0 Å². The zero-order valence-electron chi connectivity index (χ0n) is 14.5. The summed E-state index contributed by atoms with van der Waals surface area (Å²) in [6.07, 6.45) is 7.72. The molecule has 5 nitrogen and oxygen atoms in total. The zero-order valence-corrected chi connectivity index (χ0v) is 14.5. The fraction of sp³-hybridized carbons (Fsp3) is 0.722. The Kier molecular flexibility index (Phi) is 4.95. The Morgan fingerprint density at radius 1 is 1.22 bits per heavy atom. The van der Waals surface area contributed by atoms with E-state index >= 15 is 0 Å². The van der Waals surface area contributed by atoms with Gasteiger partial charge in [0, 0.05) is 30.6 Å². The molecule has 1 aromatic heterocycles. The molecule has 3 rings (SSSR count). The van der Waals surface area contributed by atoms with E-state index in [4.69, 9.17) is 15.7 Å². The molecule has 1 aromatic rings. The van der Waals surface area contributed by atoms with Crippen LogP contribution in [0.25, 0.3) is 0 Å².